The van der Waals surface area contributed by atoms with E-state index in [1.54, 1.807) is 0 Å². The Bertz CT molecular complexity index is 116. The molecule has 0 aliphatic carbocycles. The molecule has 2 nitrogen and oxygen atoms in total. The maximum Gasteiger partial charge on any atom is 0.00802 e. The first-order valence-electron chi connectivity index (χ1n) is 4.34. The van der Waals surface area contributed by atoms with Crippen LogP contribution in [0.1, 0.15) is 19.3 Å². The summed E-state index contributed by atoms with van der Waals surface area (Å²) in [4.78, 5) is 2.54. The van der Waals surface area contributed by atoms with E-state index in [-0.39, 0.29) is 0 Å². The molecule has 0 aromatic heterocycles. The molecule has 0 spiro atoms. The lowest BCUT2D eigenvalue weighted by atomic mass is 9.91. The van der Waals surface area contributed by atoms with Gasteiger partial charge in [0.2, 0.25) is 0 Å². The Balaban J connectivity index is 2.07. The minimum atomic E-state index is 0.507. The quantitative estimate of drug-likeness (QED) is 0.528. The number of fused-ring (bicyclic) bond motifs is 4. The molecule has 0 amide bonds. The van der Waals surface area contributed by atoms with Crippen molar-refractivity contribution < 1.29 is 0 Å². The number of piperidine rings is 1. The smallest absolute Gasteiger partial charge is 0.00802 e. The second-order valence-corrected chi connectivity index (χ2v) is 3.63. The number of rotatable bonds is 0. The third-order valence-electron chi connectivity index (χ3n) is 3.02. The van der Waals surface area contributed by atoms with Gasteiger partial charge >= 0.3 is 0 Å². The Labute approximate surface area is 62.4 Å². The van der Waals surface area contributed by atoms with Crippen molar-refractivity contribution in [2.75, 3.05) is 19.6 Å². The van der Waals surface area contributed by atoms with Crippen LogP contribution in [0, 0.1) is 5.92 Å². The largest absolute Gasteiger partial charge is 0.327 e. The molecule has 3 aliphatic heterocycles. The zero-order chi connectivity index (χ0) is 6.97. The standard InChI is InChI=1S/C8H16N2/c9-8-3-6-10-4-1-7(8)2-5-10/h7-8H,1-6,9H2/t8-/m1/s1. The minimum absolute atomic E-state index is 0.507. The number of nitrogens with two attached hydrogens (primary N) is 1. The van der Waals surface area contributed by atoms with Crippen LogP contribution in [0.15, 0.2) is 0 Å². The molecule has 10 heavy (non-hydrogen) atoms. The van der Waals surface area contributed by atoms with E-state index in [1.807, 2.05) is 0 Å². The average molecular weight is 140 g/mol. The molecule has 3 rings (SSSR count). The van der Waals surface area contributed by atoms with Gasteiger partial charge in [0.1, 0.15) is 0 Å². The summed E-state index contributed by atoms with van der Waals surface area (Å²) in [6.45, 7) is 3.86. The summed E-state index contributed by atoms with van der Waals surface area (Å²) in [5, 5.41) is 0. The van der Waals surface area contributed by atoms with Crippen molar-refractivity contribution in [2.45, 2.75) is 25.3 Å². The topological polar surface area (TPSA) is 29.3 Å². The molecule has 0 aromatic carbocycles. The first-order chi connectivity index (χ1) is 4.86. The average Bonchev–Trinajstić information content (AvgIpc) is 2.24. The fourth-order valence-corrected chi connectivity index (χ4v) is 2.17. The lowest BCUT2D eigenvalue weighted by Gasteiger charge is -2.27. The van der Waals surface area contributed by atoms with E-state index >= 15 is 0 Å². The van der Waals surface area contributed by atoms with Crippen LogP contribution in [0.3, 0.4) is 0 Å². The molecule has 0 saturated carbocycles. The van der Waals surface area contributed by atoms with Crippen LogP contribution in [0.25, 0.3) is 0 Å². The first-order valence-corrected chi connectivity index (χ1v) is 4.34. The molecule has 1 atom stereocenters. The van der Waals surface area contributed by atoms with Gasteiger partial charge in [-0.25, -0.2) is 0 Å². The minimum Gasteiger partial charge on any atom is -0.327 e. The van der Waals surface area contributed by atoms with Gasteiger partial charge in [-0.3, -0.25) is 0 Å². The summed E-state index contributed by atoms with van der Waals surface area (Å²) in [5.41, 5.74) is 5.99. The van der Waals surface area contributed by atoms with E-state index in [2.05, 4.69) is 4.90 Å². The Hall–Kier alpha value is -0.0800. The van der Waals surface area contributed by atoms with Crippen LogP contribution >= 0.6 is 0 Å². The second kappa shape index (κ2) is 2.51. The molecular formula is C8H16N2. The van der Waals surface area contributed by atoms with Crippen molar-refractivity contribution >= 4 is 0 Å². The van der Waals surface area contributed by atoms with Gasteiger partial charge < -0.3 is 10.6 Å². The van der Waals surface area contributed by atoms with E-state index in [4.69, 9.17) is 5.73 Å². The third kappa shape index (κ3) is 1.06. The predicted octanol–water partition coefficient (Wildman–Crippen LogP) is 0.429. The van der Waals surface area contributed by atoms with Crippen molar-refractivity contribution in [1.29, 1.82) is 0 Å². The molecule has 0 radical (unpaired) electrons. The van der Waals surface area contributed by atoms with Gasteiger partial charge in [-0.05, 0) is 44.8 Å². The normalized spacial score (nSPS) is 47.1. The molecule has 3 fully saturated rings. The molecule has 2 bridgehead atoms. The van der Waals surface area contributed by atoms with Crippen LogP contribution < -0.4 is 5.73 Å². The molecule has 0 unspecified atom stereocenters. The van der Waals surface area contributed by atoms with Crippen molar-refractivity contribution in [3.05, 3.63) is 0 Å². The maximum absolute atomic E-state index is 5.99. The molecule has 0 aromatic rings. The monoisotopic (exact) mass is 140 g/mol. The fraction of sp³-hybridized carbons (Fsp3) is 1.00. The van der Waals surface area contributed by atoms with Crippen LogP contribution in [0.4, 0.5) is 0 Å². The molecule has 2 N–H and O–H groups in total. The van der Waals surface area contributed by atoms with Gasteiger partial charge in [-0.2, -0.15) is 0 Å². The molecule has 58 valence electrons. The SMILES string of the molecule is N[C@@H]1CCN2CCC1CC2. The summed E-state index contributed by atoms with van der Waals surface area (Å²) in [7, 11) is 0. The highest BCUT2D eigenvalue weighted by atomic mass is 15.1. The summed E-state index contributed by atoms with van der Waals surface area (Å²) in [5.74, 6) is 0.846. The lowest BCUT2D eigenvalue weighted by Crippen LogP contribution is -2.33. The van der Waals surface area contributed by atoms with E-state index in [9.17, 15) is 0 Å². The Morgan fingerprint density at radius 3 is 2.30 bits per heavy atom. The highest BCUT2D eigenvalue weighted by Gasteiger charge is 2.28. The third-order valence-corrected chi connectivity index (χ3v) is 3.02. The van der Waals surface area contributed by atoms with Gasteiger partial charge in [-0.1, -0.05) is 0 Å². The summed E-state index contributed by atoms with van der Waals surface area (Å²) >= 11 is 0. The number of nitrogens with zero attached hydrogens (tertiary/aromatic N) is 1. The summed E-state index contributed by atoms with van der Waals surface area (Å²) in [6.07, 6.45) is 3.92. The lowest BCUT2D eigenvalue weighted by molar-refractivity contribution is 0.220. The van der Waals surface area contributed by atoms with E-state index < -0.39 is 0 Å². The van der Waals surface area contributed by atoms with Gasteiger partial charge in [-0.15, -0.1) is 0 Å². The van der Waals surface area contributed by atoms with Gasteiger partial charge in [0, 0.05) is 6.04 Å². The predicted molar refractivity (Wildman–Crippen MR) is 41.8 cm³/mol. The van der Waals surface area contributed by atoms with Gasteiger partial charge in [0.25, 0.3) is 0 Å². The van der Waals surface area contributed by atoms with Crippen LogP contribution in [0.2, 0.25) is 0 Å². The molecule has 3 heterocycles. The molecule has 2 heteroatoms. The van der Waals surface area contributed by atoms with Crippen molar-refractivity contribution in [2.24, 2.45) is 11.7 Å². The molecule has 3 aliphatic rings. The van der Waals surface area contributed by atoms with Crippen LogP contribution in [-0.2, 0) is 0 Å². The van der Waals surface area contributed by atoms with Crippen molar-refractivity contribution in [3.8, 4) is 0 Å². The first kappa shape index (κ1) is 6.62. The summed E-state index contributed by atoms with van der Waals surface area (Å²) in [6, 6.07) is 0.507. The van der Waals surface area contributed by atoms with Gasteiger partial charge in [0.15, 0.2) is 0 Å². The molecule has 3 saturated heterocycles. The second-order valence-electron chi connectivity index (χ2n) is 3.63. The van der Waals surface area contributed by atoms with Gasteiger partial charge in [0.05, 0.1) is 0 Å². The van der Waals surface area contributed by atoms with E-state index in [1.165, 1.54) is 38.9 Å². The fourth-order valence-electron chi connectivity index (χ4n) is 2.17. The molecular weight excluding hydrogens is 124 g/mol. The van der Waals surface area contributed by atoms with Crippen LogP contribution in [-0.4, -0.2) is 30.6 Å². The van der Waals surface area contributed by atoms with Crippen molar-refractivity contribution in [3.63, 3.8) is 0 Å². The maximum atomic E-state index is 5.99. The highest BCUT2D eigenvalue weighted by Crippen LogP contribution is 2.25. The zero-order valence-corrected chi connectivity index (χ0v) is 6.42. The van der Waals surface area contributed by atoms with Crippen LogP contribution in [0.5, 0.6) is 0 Å². The Morgan fingerprint density at radius 2 is 1.60 bits per heavy atom. The zero-order valence-electron chi connectivity index (χ0n) is 6.42. The highest BCUT2D eigenvalue weighted by molar-refractivity contribution is 4.84. The number of hydrogen-bond acceptors (Lipinski definition) is 2. The van der Waals surface area contributed by atoms with E-state index in [0.717, 1.165) is 5.92 Å². The Kier molecular flexibility index (Phi) is 1.66. The summed E-state index contributed by atoms with van der Waals surface area (Å²) < 4.78 is 0. The Morgan fingerprint density at radius 1 is 1.00 bits per heavy atom. The van der Waals surface area contributed by atoms with E-state index in [0.29, 0.717) is 6.04 Å². The van der Waals surface area contributed by atoms with Crippen molar-refractivity contribution in [1.82, 2.24) is 4.90 Å². The number of hydrogen-bond donors (Lipinski definition) is 1.